The molecule has 0 aliphatic carbocycles. The summed E-state index contributed by atoms with van der Waals surface area (Å²) >= 11 is 1.43. The van der Waals surface area contributed by atoms with Gasteiger partial charge in [-0.15, -0.1) is 0 Å². The van der Waals surface area contributed by atoms with Crippen molar-refractivity contribution in [2.45, 2.75) is 31.5 Å². The number of hydrogen-bond acceptors (Lipinski definition) is 3. The Morgan fingerprint density at radius 3 is 3.00 bits per heavy atom. The molecule has 0 aliphatic rings. The minimum atomic E-state index is 0.0507. The highest BCUT2D eigenvalue weighted by Gasteiger charge is 2.08. The number of aromatic nitrogens is 2. The van der Waals surface area contributed by atoms with E-state index in [-0.39, 0.29) is 11.9 Å². The number of aromatic amines is 1. The number of carbonyl (C=O) groups is 1. The third kappa shape index (κ3) is 3.26. The van der Waals surface area contributed by atoms with Crippen LogP contribution in [0.2, 0.25) is 0 Å². The summed E-state index contributed by atoms with van der Waals surface area (Å²) in [5.74, 6) is 0.444. The van der Waals surface area contributed by atoms with Crippen LogP contribution in [0, 0.1) is 0 Å². The lowest BCUT2D eigenvalue weighted by atomic mass is 10.3. The lowest BCUT2D eigenvalue weighted by molar-refractivity contribution is -0.119. The van der Waals surface area contributed by atoms with Crippen LogP contribution >= 0.6 is 11.8 Å². The molecule has 0 radical (unpaired) electrons. The van der Waals surface area contributed by atoms with Gasteiger partial charge in [0.15, 0.2) is 5.16 Å². The molecular formula is C13H17N3OS. The summed E-state index contributed by atoms with van der Waals surface area (Å²) in [6.07, 6.45) is 0.945. The van der Waals surface area contributed by atoms with Gasteiger partial charge in [-0.3, -0.25) is 4.79 Å². The molecule has 96 valence electrons. The number of rotatable bonds is 5. The molecule has 0 fully saturated rings. The molecule has 1 atom stereocenters. The average Bonchev–Trinajstić information content (AvgIpc) is 2.79. The van der Waals surface area contributed by atoms with Gasteiger partial charge in [0.1, 0.15) is 0 Å². The van der Waals surface area contributed by atoms with Gasteiger partial charge in [0.2, 0.25) is 5.91 Å². The summed E-state index contributed by atoms with van der Waals surface area (Å²) < 4.78 is 0. The van der Waals surface area contributed by atoms with Crippen LogP contribution in [-0.2, 0) is 4.79 Å². The Hall–Kier alpha value is -1.49. The zero-order valence-electron chi connectivity index (χ0n) is 10.6. The SMILES string of the molecule is CC[C@@H](C)NC(=O)CSc1nc2ccccc2[nH]1. The predicted molar refractivity (Wildman–Crippen MR) is 74.7 cm³/mol. The second kappa shape index (κ2) is 5.91. The van der Waals surface area contributed by atoms with Crippen molar-refractivity contribution in [3.05, 3.63) is 24.3 Å². The van der Waals surface area contributed by atoms with Crippen molar-refractivity contribution in [3.8, 4) is 0 Å². The van der Waals surface area contributed by atoms with E-state index < -0.39 is 0 Å². The Morgan fingerprint density at radius 1 is 1.50 bits per heavy atom. The lowest BCUT2D eigenvalue weighted by Gasteiger charge is -2.10. The molecule has 0 spiro atoms. The number of nitrogens with zero attached hydrogens (tertiary/aromatic N) is 1. The Bertz CT molecular complexity index is 505. The van der Waals surface area contributed by atoms with Gasteiger partial charge in [-0.1, -0.05) is 30.8 Å². The van der Waals surface area contributed by atoms with Gasteiger partial charge in [-0.05, 0) is 25.5 Å². The molecule has 2 aromatic rings. The number of amides is 1. The third-order valence-corrected chi connectivity index (χ3v) is 3.60. The van der Waals surface area contributed by atoms with Crippen LogP contribution in [-0.4, -0.2) is 27.7 Å². The first-order valence-corrected chi connectivity index (χ1v) is 7.04. The van der Waals surface area contributed by atoms with E-state index in [2.05, 4.69) is 22.2 Å². The highest BCUT2D eigenvalue weighted by atomic mass is 32.2. The maximum absolute atomic E-state index is 11.6. The molecule has 2 N–H and O–H groups in total. The Kier molecular flexibility index (Phi) is 4.25. The topological polar surface area (TPSA) is 57.8 Å². The summed E-state index contributed by atoms with van der Waals surface area (Å²) in [5.41, 5.74) is 1.93. The number of H-pyrrole nitrogens is 1. The van der Waals surface area contributed by atoms with E-state index in [9.17, 15) is 4.79 Å². The van der Waals surface area contributed by atoms with E-state index in [1.807, 2.05) is 31.2 Å². The monoisotopic (exact) mass is 263 g/mol. The highest BCUT2D eigenvalue weighted by molar-refractivity contribution is 7.99. The fraction of sp³-hybridized carbons (Fsp3) is 0.385. The van der Waals surface area contributed by atoms with E-state index in [0.29, 0.717) is 5.75 Å². The quantitative estimate of drug-likeness (QED) is 0.815. The largest absolute Gasteiger partial charge is 0.353 e. The molecule has 0 aliphatic heterocycles. The zero-order valence-corrected chi connectivity index (χ0v) is 11.4. The summed E-state index contributed by atoms with van der Waals surface area (Å²) in [4.78, 5) is 19.2. The van der Waals surface area contributed by atoms with Gasteiger partial charge in [-0.25, -0.2) is 4.98 Å². The van der Waals surface area contributed by atoms with Gasteiger partial charge in [-0.2, -0.15) is 0 Å². The van der Waals surface area contributed by atoms with Crippen molar-refractivity contribution >= 4 is 28.7 Å². The van der Waals surface area contributed by atoms with Gasteiger partial charge < -0.3 is 10.3 Å². The van der Waals surface area contributed by atoms with Crippen LogP contribution in [0.4, 0.5) is 0 Å². The molecule has 4 nitrogen and oxygen atoms in total. The molecule has 1 amide bonds. The van der Waals surface area contributed by atoms with E-state index in [1.54, 1.807) is 0 Å². The number of nitrogens with one attached hydrogen (secondary N) is 2. The van der Waals surface area contributed by atoms with Crippen LogP contribution in [0.25, 0.3) is 11.0 Å². The van der Waals surface area contributed by atoms with Gasteiger partial charge in [0.05, 0.1) is 16.8 Å². The fourth-order valence-electron chi connectivity index (χ4n) is 1.55. The second-order valence-electron chi connectivity index (χ2n) is 4.22. The number of fused-ring (bicyclic) bond motifs is 1. The number of para-hydroxylation sites is 2. The molecule has 5 heteroatoms. The van der Waals surface area contributed by atoms with Crippen LogP contribution in [0.15, 0.2) is 29.4 Å². The number of thioether (sulfide) groups is 1. The molecule has 0 bridgehead atoms. The Morgan fingerprint density at radius 2 is 2.28 bits per heavy atom. The van der Waals surface area contributed by atoms with Crippen LogP contribution in [0.3, 0.4) is 0 Å². The maximum atomic E-state index is 11.6. The van der Waals surface area contributed by atoms with Crippen molar-refractivity contribution in [2.24, 2.45) is 0 Å². The number of hydrogen-bond donors (Lipinski definition) is 2. The highest BCUT2D eigenvalue weighted by Crippen LogP contribution is 2.18. The van der Waals surface area contributed by atoms with E-state index in [4.69, 9.17) is 0 Å². The average molecular weight is 263 g/mol. The minimum Gasteiger partial charge on any atom is -0.353 e. The summed E-state index contributed by atoms with van der Waals surface area (Å²) in [6, 6.07) is 8.08. The normalized spacial score (nSPS) is 12.6. The van der Waals surface area contributed by atoms with E-state index >= 15 is 0 Å². The molecule has 1 aromatic carbocycles. The Balaban J connectivity index is 1.92. The fourth-order valence-corrected chi connectivity index (χ4v) is 2.25. The summed E-state index contributed by atoms with van der Waals surface area (Å²) in [7, 11) is 0. The first kappa shape index (κ1) is 13.0. The van der Waals surface area contributed by atoms with Crippen molar-refractivity contribution in [1.29, 1.82) is 0 Å². The van der Waals surface area contributed by atoms with Crippen molar-refractivity contribution < 1.29 is 4.79 Å². The van der Waals surface area contributed by atoms with E-state index in [1.165, 1.54) is 11.8 Å². The van der Waals surface area contributed by atoms with Crippen LogP contribution < -0.4 is 5.32 Å². The van der Waals surface area contributed by atoms with Crippen molar-refractivity contribution in [1.82, 2.24) is 15.3 Å². The van der Waals surface area contributed by atoms with E-state index in [0.717, 1.165) is 22.6 Å². The number of carbonyl (C=O) groups excluding carboxylic acids is 1. The number of benzene rings is 1. The Labute approximate surface area is 111 Å². The first-order valence-electron chi connectivity index (χ1n) is 6.06. The smallest absolute Gasteiger partial charge is 0.230 e. The minimum absolute atomic E-state index is 0.0507. The molecule has 0 saturated heterocycles. The predicted octanol–water partition coefficient (Wildman–Crippen LogP) is 2.57. The van der Waals surface area contributed by atoms with Crippen molar-refractivity contribution in [2.75, 3.05) is 5.75 Å². The first-order chi connectivity index (χ1) is 8.69. The standard InChI is InChI=1S/C13H17N3OS/c1-3-9(2)14-12(17)8-18-13-15-10-6-4-5-7-11(10)16-13/h4-7,9H,3,8H2,1-2H3,(H,14,17)(H,15,16)/t9-/m1/s1. The van der Waals surface area contributed by atoms with Gasteiger partial charge in [0.25, 0.3) is 0 Å². The summed E-state index contributed by atoms with van der Waals surface area (Å²) in [6.45, 7) is 4.06. The van der Waals surface area contributed by atoms with Gasteiger partial charge in [0, 0.05) is 6.04 Å². The molecule has 1 heterocycles. The molecule has 0 saturated carbocycles. The second-order valence-corrected chi connectivity index (χ2v) is 5.19. The molecule has 0 unspecified atom stereocenters. The van der Waals surface area contributed by atoms with Crippen molar-refractivity contribution in [3.63, 3.8) is 0 Å². The summed E-state index contributed by atoms with van der Waals surface area (Å²) in [5, 5.41) is 3.72. The van der Waals surface area contributed by atoms with Crippen LogP contribution in [0.5, 0.6) is 0 Å². The molecule has 2 rings (SSSR count). The van der Waals surface area contributed by atoms with Crippen LogP contribution in [0.1, 0.15) is 20.3 Å². The molecule has 18 heavy (non-hydrogen) atoms. The lowest BCUT2D eigenvalue weighted by Crippen LogP contribution is -2.33. The third-order valence-electron chi connectivity index (χ3n) is 2.73. The molecular weight excluding hydrogens is 246 g/mol. The zero-order chi connectivity index (χ0) is 13.0. The van der Waals surface area contributed by atoms with Gasteiger partial charge >= 0.3 is 0 Å². The number of imidazole rings is 1. The maximum Gasteiger partial charge on any atom is 0.230 e. The molecule has 1 aromatic heterocycles.